The highest BCUT2D eigenvalue weighted by molar-refractivity contribution is 5.95. The summed E-state index contributed by atoms with van der Waals surface area (Å²) in [5.41, 5.74) is 7.15. The topological polar surface area (TPSA) is 76.8 Å². The minimum absolute atomic E-state index is 0.0233. The second kappa shape index (κ2) is 8.89. The number of nitrogens with two attached hydrogens (primary N) is 1. The quantitative estimate of drug-likeness (QED) is 0.748. The number of carbonyl (C=O) groups is 1. The van der Waals surface area contributed by atoms with Gasteiger partial charge in [0.1, 0.15) is 5.75 Å². The molecule has 1 aliphatic heterocycles. The fraction of sp³-hybridized carbons (Fsp3) is 0.611. The number of rotatable bonds is 7. The molecule has 0 aromatic heterocycles. The smallest absolute Gasteiger partial charge is 0.242 e. The number of anilines is 2. The number of benzene rings is 1. The van der Waals surface area contributed by atoms with Gasteiger partial charge >= 0.3 is 0 Å². The normalized spacial score (nSPS) is 16.8. The Balaban J connectivity index is 2.15. The highest BCUT2D eigenvalue weighted by Gasteiger charge is 2.32. The SMILES string of the molecule is CCC(CC)C(C(=O)Nc1ccc(OC)c(N)c1)N1CCOCC1. The van der Waals surface area contributed by atoms with Crippen molar-refractivity contribution in [2.45, 2.75) is 32.7 Å². The van der Waals surface area contributed by atoms with Gasteiger partial charge in [0, 0.05) is 18.8 Å². The maximum Gasteiger partial charge on any atom is 0.242 e. The van der Waals surface area contributed by atoms with Crippen LogP contribution in [0.15, 0.2) is 18.2 Å². The molecule has 0 bridgehead atoms. The zero-order valence-corrected chi connectivity index (χ0v) is 14.9. The van der Waals surface area contributed by atoms with Crippen LogP contribution in [0.1, 0.15) is 26.7 Å². The number of hydrogen-bond acceptors (Lipinski definition) is 5. The van der Waals surface area contributed by atoms with Gasteiger partial charge in [-0.05, 0) is 24.1 Å². The van der Waals surface area contributed by atoms with Gasteiger partial charge in [-0.2, -0.15) is 0 Å². The van der Waals surface area contributed by atoms with Gasteiger partial charge in [-0.15, -0.1) is 0 Å². The Bertz CT molecular complexity index is 540. The zero-order valence-electron chi connectivity index (χ0n) is 14.9. The first-order valence-electron chi connectivity index (χ1n) is 8.66. The van der Waals surface area contributed by atoms with Crippen molar-refractivity contribution in [3.05, 3.63) is 18.2 Å². The fourth-order valence-electron chi connectivity index (χ4n) is 3.30. The maximum atomic E-state index is 13.0. The summed E-state index contributed by atoms with van der Waals surface area (Å²) in [7, 11) is 1.57. The molecular formula is C18H29N3O3. The lowest BCUT2D eigenvalue weighted by molar-refractivity contribution is -0.125. The molecule has 2 rings (SSSR count). The van der Waals surface area contributed by atoms with Crippen LogP contribution in [0.4, 0.5) is 11.4 Å². The number of carbonyl (C=O) groups excluding carboxylic acids is 1. The van der Waals surface area contributed by atoms with Crippen molar-refractivity contribution in [3.8, 4) is 5.75 Å². The van der Waals surface area contributed by atoms with E-state index in [-0.39, 0.29) is 11.9 Å². The Morgan fingerprint density at radius 3 is 2.54 bits per heavy atom. The lowest BCUT2D eigenvalue weighted by Gasteiger charge is -2.37. The Kier molecular flexibility index (Phi) is 6.87. The van der Waals surface area contributed by atoms with E-state index in [1.165, 1.54) is 0 Å². The molecule has 1 heterocycles. The van der Waals surface area contributed by atoms with Crippen molar-refractivity contribution in [2.24, 2.45) is 5.92 Å². The van der Waals surface area contributed by atoms with Crippen molar-refractivity contribution < 1.29 is 14.3 Å². The first-order chi connectivity index (χ1) is 11.6. The van der Waals surface area contributed by atoms with Crippen molar-refractivity contribution in [1.82, 2.24) is 4.90 Å². The van der Waals surface area contributed by atoms with E-state index in [1.807, 2.05) is 6.07 Å². The summed E-state index contributed by atoms with van der Waals surface area (Å²) in [5, 5.41) is 3.02. The molecule has 1 atom stereocenters. The van der Waals surface area contributed by atoms with Crippen LogP contribution in [0.25, 0.3) is 0 Å². The number of methoxy groups -OCH3 is 1. The maximum absolute atomic E-state index is 13.0. The number of amides is 1. The molecule has 1 aromatic carbocycles. The molecule has 0 radical (unpaired) electrons. The lowest BCUT2D eigenvalue weighted by Crippen LogP contribution is -2.52. The molecule has 1 amide bonds. The second-order valence-electron chi connectivity index (χ2n) is 6.12. The second-order valence-corrected chi connectivity index (χ2v) is 6.12. The summed E-state index contributed by atoms with van der Waals surface area (Å²) < 4.78 is 10.6. The van der Waals surface area contributed by atoms with Crippen molar-refractivity contribution >= 4 is 17.3 Å². The number of nitrogens with zero attached hydrogens (tertiary/aromatic N) is 1. The average molecular weight is 335 g/mol. The number of nitrogen functional groups attached to an aromatic ring is 1. The third kappa shape index (κ3) is 4.39. The van der Waals surface area contributed by atoms with Crippen molar-refractivity contribution in [2.75, 3.05) is 44.5 Å². The van der Waals surface area contributed by atoms with Gasteiger partial charge in [-0.1, -0.05) is 26.7 Å². The Morgan fingerprint density at radius 1 is 1.33 bits per heavy atom. The van der Waals surface area contributed by atoms with Crippen LogP contribution < -0.4 is 15.8 Å². The molecule has 1 aromatic rings. The van der Waals surface area contributed by atoms with Crippen molar-refractivity contribution in [3.63, 3.8) is 0 Å². The molecule has 134 valence electrons. The van der Waals surface area contributed by atoms with E-state index in [0.29, 0.717) is 36.3 Å². The Morgan fingerprint density at radius 2 is 2.00 bits per heavy atom. The summed E-state index contributed by atoms with van der Waals surface area (Å²) in [4.78, 5) is 15.2. The molecule has 0 saturated carbocycles. The third-order valence-electron chi connectivity index (χ3n) is 4.70. The van der Waals surface area contributed by atoms with Gasteiger partial charge in [0.15, 0.2) is 0 Å². The molecule has 1 unspecified atom stereocenters. The van der Waals surface area contributed by atoms with Crippen LogP contribution in [0.2, 0.25) is 0 Å². The van der Waals surface area contributed by atoms with Gasteiger partial charge < -0.3 is 20.5 Å². The zero-order chi connectivity index (χ0) is 17.5. The number of ether oxygens (including phenoxy) is 2. The van der Waals surface area contributed by atoms with Gasteiger partial charge in [-0.25, -0.2) is 0 Å². The van der Waals surface area contributed by atoms with E-state index < -0.39 is 0 Å². The van der Waals surface area contributed by atoms with E-state index in [4.69, 9.17) is 15.2 Å². The van der Waals surface area contributed by atoms with Gasteiger partial charge in [0.05, 0.1) is 32.1 Å². The first-order valence-corrected chi connectivity index (χ1v) is 8.66. The highest BCUT2D eigenvalue weighted by Crippen LogP contribution is 2.26. The molecule has 24 heavy (non-hydrogen) atoms. The summed E-state index contributed by atoms with van der Waals surface area (Å²) in [6, 6.07) is 5.18. The standard InChI is InChI=1S/C18H29N3O3/c1-4-13(5-2)17(21-8-10-24-11-9-21)18(22)20-14-6-7-16(23-3)15(19)12-14/h6-7,12-13,17H,4-5,8-11,19H2,1-3H3,(H,20,22). The number of hydrogen-bond donors (Lipinski definition) is 2. The highest BCUT2D eigenvalue weighted by atomic mass is 16.5. The molecule has 0 spiro atoms. The molecule has 6 nitrogen and oxygen atoms in total. The molecule has 1 aliphatic rings. The van der Waals surface area contributed by atoms with Crippen molar-refractivity contribution in [1.29, 1.82) is 0 Å². The monoisotopic (exact) mass is 335 g/mol. The average Bonchev–Trinajstić information content (AvgIpc) is 2.60. The van der Waals surface area contributed by atoms with Crippen LogP contribution in [0.3, 0.4) is 0 Å². The number of nitrogens with one attached hydrogen (secondary N) is 1. The minimum atomic E-state index is -0.146. The third-order valence-corrected chi connectivity index (χ3v) is 4.70. The number of morpholine rings is 1. The minimum Gasteiger partial charge on any atom is -0.495 e. The van der Waals surface area contributed by atoms with E-state index in [2.05, 4.69) is 24.1 Å². The van der Waals surface area contributed by atoms with Crippen LogP contribution in [-0.4, -0.2) is 50.3 Å². The van der Waals surface area contributed by atoms with Crippen LogP contribution in [-0.2, 0) is 9.53 Å². The van der Waals surface area contributed by atoms with Crippen LogP contribution in [0.5, 0.6) is 5.75 Å². The first kappa shape index (κ1) is 18.5. The summed E-state index contributed by atoms with van der Waals surface area (Å²) in [6.45, 7) is 7.22. The van der Waals surface area contributed by atoms with Crippen LogP contribution >= 0.6 is 0 Å². The van der Waals surface area contributed by atoms with Gasteiger partial charge in [0.2, 0.25) is 5.91 Å². The molecule has 3 N–H and O–H groups in total. The molecule has 0 aliphatic carbocycles. The van der Waals surface area contributed by atoms with E-state index in [0.717, 1.165) is 25.9 Å². The Labute approximate surface area is 144 Å². The lowest BCUT2D eigenvalue weighted by atomic mass is 9.91. The fourth-order valence-corrected chi connectivity index (χ4v) is 3.30. The van der Waals surface area contributed by atoms with E-state index in [1.54, 1.807) is 19.2 Å². The molecule has 1 fully saturated rings. The summed E-state index contributed by atoms with van der Waals surface area (Å²) in [5.74, 6) is 0.951. The van der Waals surface area contributed by atoms with E-state index in [9.17, 15) is 4.79 Å². The van der Waals surface area contributed by atoms with Gasteiger partial charge in [0.25, 0.3) is 0 Å². The Hall–Kier alpha value is -1.79. The molecular weight excluding hydrogens is 306 g/mol. The summed E-state index contributed by atoms with van der Waals surface area (Å²) in [6.07, 6.45) is 1.94. The summed E-state index contributed by atoms with van der Waals surface area (Å²) >= 11 is 0. The predicted octanol–water partition coefficient (Wildman–Crippen LogP) is 2.35. The molecule has 1 saturated heterocycles. The predicted molar refractivity (Wildman–Crippen MR) is 96.3 cm³/mol. The van der Waals surface area contributed by atoms with Crippen LogP contribution in [0, 0.1) is 5.92 Å². The molecule has 6 heteroatoms. The van der Waals surface area contributed by atoms with E-state index >= 15 is 0 Å². The van der Waals surface area contributed by atoms with Gasteiger partial charge in [-0.3, -0.25) is 9.69 Å². The largest absolute Gasteiger partial charge is 0.495 e.